The van der Waals surface area contributed by atoms with Crippen molar-refractivity contribution in [1.82, 2.24) is 5.32 Å². The van der Waals surface area contributed by atoms with Crippen molar-refractivity contribution in [1.29, 1.82) is 0 Å². The second kappa shape index (κ2) is 8.64. The molecule has 0 rings (SSSR count). The highest BCUT2D eigenvalue weighted by molar-refractivity contribution is 5.76. The third-order valence-electron chi connectivity index (χ3n) is 2.13. The van der Waals surface area contributed by atoms with Gasteiger partial charge in [-0.1, -0.05) is 6.92 Å². The fraction of sp³-hybridized carbons (Fsp3) is 0.900. The number of ether oxygens (including phenoxy) is 1. The molecule has 5 heteroatoms. The summed E-state index contributed by atoms with van der Waals surface area (Å²) in [6.45, 7) is 2.70. The molecule has 0 fully saturated rings. The third kappa shape index (κ3) is 8.35. The van der Waals surface area contributed by atoms with E-state index in [1.807, 2.05) is 6.92 Å². The van der Waals surface area contributed by atoms with E-state index in [1.54, 1.807) is 0 Å². The van der Waals surface area contributed by atoms with Gasteiger partial charge in [0, 0.05) is 26.1 Å². The number of aliphatic hydroxyl groups is 1. The van der Waals surface area contributed by atoms with E-state index in [1.165, 1.54) is 7.11 Å². The van der Waals surface area contributed by atoms with Crippen molar-refractivity contribution in [2.45, 2.75) is 38.3 Å². The summed E-state index contributed by atoms with van der Waals surface area (Å²) in [7, 11) is 1.53. The third-order valence-corrected chi connectivity index (χ3v) is 2.13. The molecule has 90 valence electrons. The van der Waals surface area contributed by atoms with Crippen molar-refractivity contribution < 1.29 is 14.6 Å². The van der Waals surface area contributed by atoms with E-state index in [-0.39, 0.29) is 11.9 Å². The molecule has 4 N–H and O–H groups in total. The zero-order chi connectivity index (χ0) is 11.7. The highest BCUT2D eigenvalue weighted by atomic mass is 16.5. The Hall–Kier alpha value is -0.650. The molecule has 0 radical (unpaired) electrons. The average Bonchev–Trinajstić information content (AvgIpc) is 2.18. The predicted molar refractivity (Wildman–Crippen MR) is 58.4 cm³/mol. The Kier molecular flexibility index (Phi) is 8.27. The Bertz CT molecular complexity index is 176. The van der Waals surface area contributed by atoms with Crippen molar-refractivity contribution in [2.75, 3.05) is 20.3 Å². The molecule has 5 nitrogen and oxygen atoms in total. The topological polar surface area (TPSA) is 84.6 Å². The van der Waals surface area contributed by atoms with Crippen LogP contribution in [-0.4, -0.2) is 43.4 Å². The molecule has 0 saturated heterocycles. The fourth-order valence-electron chi connectivity index (χ4n) is 1.11. The van der Waals surface area contributed by atoms with Crippen molar-refractivity contribution in [3.8, 4) is 0 Å². The van der Waals surface area contributed by atoms with Crippen LogP contribution in [0, 0.1) is 0 Å². The van der Waals surface area contributed by atoms with Gasteiger partial charge in [0.1, 0.15) is 0 Å². The number of carbonyl (C=O) groups is 1. The van der Waals surface area contributed by atoms with Gasteiger partial charge in [-0.05, 0) is 12.8 Å². The van der Waals surface area contributed by atoms with Gasteiger partial charge < -0.3 is 20.9 Å². The van der Waals surface area contributed by atoms with Crippen LogP contribution in [0.4, 0.5) is 0 Å². The number of rotatable bonds is 8. The first-order valence-corrected chi connectivity index (χ1v) is 5.29. The number of methoxy groups -OCH3 is 1. The maximum atomic E-state index is 11.2. The lowest BCUT2D eigenvalue weighted by molar-refractivity contribution is -0.121. The summed E-state index contributed by atoms with van der Waals surface area (Å²) >= 11 is 0. The number of nitrogens with two attached hydrogens (primary N) is 1. The Morgan fingerprint density at radius 3 is 2.80 bits per heavy atom. The van der Waals surface area contributed by atoms with E-state index < -0.39 is 6.10 Å². The van der Waals surface area contributed by atoms with Gasteiger partial charge >= 0.3 is 0 Å². The molecule has 0 bridgehead atoms. The molecule has 0 spiro atoms. The monoisotopic (exact) mass is 218 g/mol. The molecule has 15 heavy (non-hydrogen) atoms. The molecular weight excluding hydrogens is 196 g/mol. The molecule has 0 heterocycles. The fourth-order valence-corrected chi connectivity index (χ4v) is 1.11. The van der Waals surface area contributed by atoms with Gasteiger partial charge in [0.2, 0.25) is 5.91 Å². The number of aliphatic hydroxyl groups excluding tert-OH is 1. The summed E-state index contributed by atoms with van der Waals surface area (Å²) in [4.78, 5) is 11.2. The standard InChI is InChI=1S/C10H22N2O3/c1-3-8(11)6-10(14)12-5-4-9(13)7-15-2/h8-9,13H,3-7,11H2,1-2H3,(H,12,14). The van der Waals surface area contributed by atoms with Gasteiger partial charge in [0.05, 0.1) is 12.7 Å². The lowest BCUT2D eigenvalue weighted by atomic mass is 10.1. The van der Waals surface area contributed by atoms with Gasteiger partial charge in [-0.25, -0.2) is 0 Å². The van der Waals surface area contributed by atoms with E-state index in [0.29, 0.717) is 26.0 Å². The summed E-state index contributed by atoms with van der Waals surface area (Å²) in [5, 5.41) is 12.0. The quantitative estimate of drug-likeness (QED) is 0.519. The smallest absolute Gasteiger partial charge is 0.221 e. The molecular formula is C10H22N2O3. The van der Waals surface area contributed by atoms with Crippen LogP contribution >= 0.6 is 0 Å². The van der Waals surface area contributed by atoms with Crippen LogP contribution in [0.25, 0.3) is 0 Å². The summed E-state index contributed by atoms with van der Waals surface area (Å²) in [6.07, 6.45) is 1.12. The highest BCUT2D eigenvalue weighted by Gasteiger charge is 2.08. The minimum absolute atomic E-state index is 0.0611. The first-order valence-electron chi connectivity index (χ1n) is 5.29. The zero-order valence-electron chi connectivity index (χ0n) is 9.53. The second-order valence-corrected chi connectivity index (χ2v) is 3.62. The van der Waals surface area contributed by atoms with E-state index in [4.69, 9.17) is 10.5 Å². The molecule has 2 unspecified atom stereocenters. The number of carbonyl (C=O) groups excluding carboxylic acids is 1. The predicted octanol–water partition coefficient (Wildman–Crippen LogP) is -0.373. The van der Waals surface area contributed by atoms with Crippen LogP contribution in [0.2, 0.25) is 0 Å². The van der Waals surface area contributed by atoms with Crippen molar-refractivity contribution in [3.63, 3.8) is 0 Å². The molecule has 0 aliphatic rings. The molecule has 2 atom stereocenters. The van der Waals surface area contributed by atoms with Crippen LogP contribution in [0.15, 0.2) is 0 Å². The number of amides is 1. The van der Waals surface area contributed by atoms with Crippen LogP contribution in [-0.2, 0) is 9.53 Å². The Labute approximate surface area is 91.0 Å². The van der Waals surface area contributed by atoms with Gasteiger partial charge in [-0.2, -0.15) is 0 Å². The summed E-state index contributed by atoms with van der Waals surface area (Å²) in [5.74, 6) is -0.0611. The lowest BCUT2D eigenvalue weighted by Gasteiger charge is -2.11. The van der Waals surface area contributed by atoms with Gasteiger partial charge in [-0.15, -0.1) is 0 Å². The normalized spacial score (nSPS) is 14.7. The number of hydrogen-bond acceptors (Lipinski definition) is 4. The summed E-state index contributed by atoms with van der Waals surface area (Å²) in [5.41, 5.74) is 5.62. The van der Waals surface area contributed by atoms with E-state index in [0.717, 1.165) is 6.42 Å². The average molecular weight is 218 g/mol. The molecule has 0 aliphatic heterocycles. The zero-order valence-corrected chi connectivity index (χ0v) is 9.53. The number of hydrogen-bond donors (Lipinski definition) is 3. The van der Waals surface area contributed by atoms with Gasteiger partial charge in [-0.3, -0.25) is 4.79 Å². The van der Waals surface area contributed by atoms with Crippen LogP contribution < -0.4 is 11.1 Å². The lowest BCUT2D eigenvalue weighted by Crippen LogP contribution is -2.33. The van der Waals surface area contributed by atoms with Crippen molar-refractivity contribution >= 4 is 5.91 Å². The highest BCUT2D eigenvalue weighted by Crippen LogP contribution is 1.94. The van der Waals surface area contributed by atoms with Gasteiger partial charge in [0.15, 0.2) is 0 Å². The minimum Gasteiger partial charge on any atom is -0.391 e. The molecule has 0 aromatic carbocycles. The number of nitrogens with one attached hydrogen (secondary N) is 1. The van der Waals surface area contributed by atoms with Crippen molar-refractivity contribution in [3.05, 3.63) is 0 Å². The van der Waals surface area contributed by atoms with Crippen LogP contribution in [0.1, 0.15) is 26.2 Å². The van der Waals surface area contributed by atoms with E-state index in [2.05, 4.69) is 5.32 Å². The largest absolute Gasteiger partial charge is 0.391 e. The SMILES string of the molecule is CCC(N)CC(=O)NCCC(O)COC. The molecule has 0 aromatic heterocycles. The van der Waals surface area contributed by atoms with Gasteiger partial charge in [0.25, 0.3) is 0 Å². The Morgan fingerprint density at radius 2 is 2.27 bits per heavy atom. The van der Waals surface area contributed by atoms with Crippen molar-refractivity contribution in [2.24, 2.45) is 5.73 Å². The maximum Gasteiger partial charge on any atom is 0.221 e. The summed E-state index contributed by atoms with van der Waals surface area (Å²) in [6, 6.07) is -0.0751. The van der Waals surface area contributed by atoms with E-state index in [9.17, 15) is 9.90 Å². The molecule has 0 aromatic rings. The maximum absolute atomic E-state index is 11.2. The minimum atomic E-state index is -0.518. The Morgan fingerprint density at radius 1 is 1.60 bits per heavy atom. The second-order valence-electron chi connectivity index (χ2n) is 3.62. The van der Waals surface area contributed by atoms with Crippen LogP contribution in [0.5, 0.6) is 0 Å². The first kappa shape index (κ1) is 14.3. The Balaban J connectivity index is 3.46. The molecule has 1 amide bonds. The van der Waals surface area contributed by atoms with Crippen LogP contribution in [0.3, 0.4) is 0 Å². The summed E-state index contributed by atoms with van der Waals surface area (Å²) < 4.78 is 4.76. The van der Waals surface area contributed by atoms with E-state index >= 15 is 0 Å². The first-order chi connectivity index (χ1) is 7.10. The molecule has 0 aliphatic carbocycles. The molecule has 0 saturated carbocycles.